The number of carbonyl (C=O) groups excluding carboxylic acids is 4. The summed E-state index contributed by atoms with van der Waals surface area (Å²) in [5.74, 6) is -3.93. The SMILES string of the molecule is CCOC(=O)C(CSC)NC(=O)C1=C(O)C(O)=C(C(=O)NC(CSC)C(=O)OCC)C1. The predicted molar refractivity (Wildman–Crippen MR) is 118 cm³/mol. The summed E-state index contributed by atoms with van der Waals surface area (Å²) >= 11 is 2.62. The molecule has 0 aromatic rings. The Kier molecular flexibility index (Phi) is 11.3. The second-order valence-electron chi connectivity index (χ2n) is 6.30. The lowest BCUT2D eigenvalue weighted by Crippen LogP contribution is -2.45. The van der Waals surface area contributed by atoms with Crippen molar-refractivity contribution in [3.63, 3.8) is 0 Å². The largest absolute Gasteiger partial charge is 0.504 e. The third-order valence-corrected chi connectivity index (χ3v) is 5.45. The molecule has 0 saturated carbocycles. The molecule has 2 atom stereocenters. The highest BCUT2D eigenvalue weighted by Crippen LogP contribution is 2.30. The Morgan fingerprint density at radius 3 is 1.48 bits per heavy atom. The number of amides is 2. The predicted octanol–water partition coefficient (Wildman–Crippen LogP) is 0.836. The second kappa shape index (κ2) is 13.2. The zero-order valence-corrected chi connectivity index (χ0v) is 19.5. The molecule has 0 radical (unpaired) electrons. The van der Waals surface area contributed by atoms with Crippen LogP contribution in [0.4, 0.5) is 0 Å². The molecule has 1 aliphatic rings. The maximum absolute atomic E-state index is 12.6. The number of thioether (sulfide) groups is 2. The van der Waals surface area contributed by atoms with Gasteiger partial charge >= 0.3 is 11.9 Å². The molecular formula is C19H28N2O8S2. The van der Waals surface area contributed by atoms with Crippen molar-refractivity contribution in [3.05, 3.63) is 22.7 Å². The number of aliphatic hydroxyl groups is 2. The van der Waals surface area contributed by atoms with Gasteiger partial charge in [0.1, 0.15) is 12.1 Å². The molecule has 0 aliphatic heterocycles. The van der Waals surface area contributed by atoms with E-state index in [-0.39, 0.29) is 42.3 Å². The van der Waals surface area contributed by atoms with Crippen molar-refractivity contribution >= 4 is 47.3 Å². The summed E-state index contributed by atoms with van der Waals surface area (Å²) in [5.41, 5.74) is -0.536. The maximum atomic E-state index is 12.6. The van der Waals surface area contributed by atoms with Gasteiger partial charge in [0.25, 0.3) is 11.8 Å². The van der Waals surface area contributed by atoms with Gasteiger partial charge in [-0.05, 0) is 26.4 Å². The number of hydrogen-bond acceptors (Lipinski definition) is 10. The summed E-state index contributed by atoms with van der Waals surface area (Å²) in [7, 11) is 0. The first kappa shape index (κ1) is 26.7. The van der Waals surface area contributed by atoms with Crippen molar-refractivity contribution in [2.24, 2.45) is 0 Å². The van der Waals surface area contributed by atoms with Crippen molar-refractivity contribution in [1.29, 1.82) is 0 Å². The van der Waals surface area contributed by atoms with E-state index in [1.807, 2.05) is 0 Å². The zero-order valence-electron chi connectivity index (χ0n) is 17.9. The topological polar surface area (TPSA) is 151 Å². The van der Waals surface area contributed by atoms with Crippen LogP contribution in [0.25, 0.3) is 0 Å². The van der Waals surface area contributed by atoms with Crippen molar-refractivity contribution in [2.45, 2.75) is 32.4 Å². The Morgan fingerprint density at radius 2 is 1.19 bits per heavy atom. The normalized spacial score (nSPS) is 15.4. The van der Waals surface area contributed by atoms with Gasteiger partial charge < -0.3 is 30.3 Å². The van der Waals surface area contributed by atoms with Crippen LogP contribution in [-0.4, -0.2) is 83.3 Å². The Balaban J connectivity index is 2.91. The van der Waals surface area contributed by atoms with Crippen LogP contribution in [0.15, 0.2) is 22.7 Å². The number of ether oxygens (including phenoxy) is 2. The maximum Gasteiger partial charge on any atom is 0.329 e. The highest BCUT2D eigenvalue weighted by molar-refractivity contribution is 7.98. The molecule has 2 amide bonds. The third kappa shape index (κ3) is 7.39. The van der Waals surface area contributed by atoms with Gasteiger partial charge in [-0.25, -0.2) is 9.59 Å². The number of rotatable bonds is 12. The van der Waals surface area contributed by atoms with Gasteiger partial charge in [0, 0.05) is 17.9 Å². The summed E-state index contributed by atoms with van der Waals surface area (Å²) in [5, 5.41) is 25.3. The van der Waals surface area contributed by atoms with Gasteiger partial charge in [-0.1, -0.05) is 0 Å². The van der Waals surface area contributed by atoms with Crippen molar-refractivity contribution in [1.82, 2.24) is 10.6 Å². The van der Waals surface area contributed by atoms with E-state index in [0.717, 1.165) is 0 Å². The van der Waals surface area contributed by atoms with E-state index in [0.29, 0.717) is 0 Å². The van der Waals surface area contributed by atoms with E-state index < -0.39 is 47.4 Å². The Hall–Kier alpha value is -2.34. The minimum atomic E-state index is -0.961. The molecule has 4 N–H and O–H groups in total. The first-order valence-corrected chi connectivity index (χ1v) is 12.3. The number of esters is 2. The van der Waals surface area contributed by atoms with E-state index in [1.54, 1.807) is 26.4 Å². The van der Waals surface area contributed by atoms with E-state index in [2.05, 4.69) is 10.6 Å². The fraction of sp³-hybridized carbons (Fsp3) is 0.579. The molecule has 1 rings (SSSR count). The van der Waals surface area contributed by atoms with Gasteiger partial charge in [0.15, 0.2) is 11.5 Å². The van der Waals surface area contributed by atoms with Crippen molar-refractivity contribution < 1.29 is 38.9 Å². The minimum absolute atomic E-state index is 0.137. The Labute approximate surface area is 189 Å². The summed E-state index contributed by atoms with van der Waals surface area (Å²) in [6.07, 6.45) is 3.11. The van der Waals surface area contributed by atoms with Crippen LogP contribution in [0.5, 0.6) is 0 Å². The van der Waals surface area contributed by atoms with Crippen LogP contribution in [0.3, 0.4) is 0 Å². The molecule has 1 aliphatic carbocycles. The van der Waals surface area contributed by atoms with Crippen molar-refractivity contribution in [2.75, 3.05) is 37.2 Å². The molecule has 0 aromatic heterocycles. The molecule has 0 aromatic carbocycles. The van der Waals surface area contributed by atoms with E-state index in [9.17, 15) is 29.4 Å². The molecule has 0 saturated heterocycles. The average molecular weight is 477 g/mol. The van der Waals surface area contributed by atoms with Gasteiger partial charge in [-0.3, -0.25) is 9.59 Å². The molecule has 0 fully saturated rings. The van der Waals surface area contributed by atoms with Crippen molar-refractivity contribution in [3.8, 4) is 0 Å². The van der Waals surface area contributed by atoms with Gasteiger partial charge in [0.05, 0.1) is 24.4 Å². The molecular weight excluding hydrogens is 448 g/mol. The first-order valence-electron chi connectivity index (χ1n) is 9.49. The summed E-state index contributed by atoms with van der Waals surface area (Å²) in [4.78, 5) is 49.2. The molecule has 0 spiro atoms. The van der Waals surface area contributed by atoms with Crippen LogP contribution < -0.4 is 10.6 Å². The molecule has 31 heavy (non-hydrogen) atoms. The Bertz CT molecular complexity index is 704. The third-order valence-electron chi connectivity index (χ3n) is 4.12. The van der Waals surface area contributed by atoms with E-state index >= 15 is 0 Å². The quantitative estimate of drug-likeness (QED) is 0.298. The lowest BCUT2D eigenvalue weighted by atomic mass is 10.1. The van der Waals surface area contributed by atoms with Gasteiger partial charge in [-0.2, -0.15) is 23.5 Å². The molecule has 0 heterocycles. The molecule has 174 valence electrons. The number of hydrogen-bond donors (Lipinski definition) is 4. The van der Waals surface area contributed by atoms with Crippen LogP contribution in [0.2, 0.25) is 0 Å². The lowest BCUT2D eigenvalue weighted by molar-refractivity contribution is -0.146. The monoisotopic (exact) mass is 476 g/mol. The zero-order chi connectivity index (χ0) is 23.6. The summed E-state index contributed by atoms with van der Waals surface area (Å²) < 4.78 is 9.84. The molecule has 0 bridgehead atoms. The van der Waals surface area contributed by atoms with Gasteiger partial charge in [0.2, 0.25) is 0 Å². The molecule has 12 heteroatoms. The number of nitrogens with one attached hydrogen (secondary N) is 2. The first-order chi connectivity index (χ1) is 14.7. The van der Waals surface area contributed by atoms with Crippen LogP contribution >= 0.6 is 23.5 Å². The lowest BCUT2D eigenvalue weighted by Gasteiger charge is -2.17. The van der Waals surface area contributed by atoms with Crippen LogP contribution in [0.1, 0.15) is 20.3 Å². The summed E-state index contributed by atoms with van der Waals surface area (Å²) in [6.45, 7) is 3.54. The van der Waals surface area contributed by atoms with Crippen LogP contribution in [0, 0.1) is 0 Å². The fourth-order valence-electron chi connectivity index (χ4n) is 2.65. The summed E-state index contributed by atoms with van der Waals surface area (Å²) in [6, 6.07) is -1.92. The van der Waals surface area contributed by atoms with Crippen LogP contribution in [-0.2, 0) is 28.7 Å². The molecule has 2 unspecified atom stereocenters. The second-order valence-corrected chi connectivity index (χ2v) is 8.12. The number of carbonyl (C=O) groups is 4. The smallest absolute Gasteiger partial charge is 0.329 e. The van der Waals surface area contributed by atoms with Gasteiger partial charge in [-0.15, -0.1) is 0 Å². The highest BCUT2D eigenvalue weighted by atomic mass is 32.2. The Morgan fingerprint density at radius 1 is 0.839 bits per heavy atom. The highest BCUT2D eigenvalue weighted by Gasteiger charge is 2.35. The molecule has 10 nitrogen and oxygen atoms in total. The van der Waals surface area contributed by atoms with E-state index in [1.165, 1.54) is 23.5 Å². The standard InChI is InChI=1S/C19H28N2O8S2/c1-5-28-18(26)12(8-30-3)20-16(24)10-7-11(15(23)14(10)22)17(25)21-13(9-31-4)19(27)29-6-2/h12-13,22-23H,5-9H2,1-4H3,(H,20,24)(H,21,25). The average Bonchev–Trinajstić information content (AvgIpc) is 3.02. The number of aliphatic hydroxyl groups excluding tert-OH is 2. The minimum Gasteiger partial charge on any atom is -0.504 e. The van der Waals surface area contributed by atoms with E-state index in [4.69, 9.17) is 9.47 Å². The fourth-order valence-corrected chi connectivity index (χ4v) is 3.76.